The molecule has 9 nitrogen and oxygen atoms in total. The highest BCUT2D eigenvalue weighted by atomic mass is 32.2. The summed E-state index contributed by atoms with van der Waals surface area (Å²) in [6, 6.07) is 25.0. The Labute approximate surface area is 284 Å². The monoisotopic (exact) mass is 683 g/mol. The molecular weight excluding hydrogens is 654 g/mol. The molecule has 6 rings (SSSR count). The van der Waals surface area contributed by atoms with Gasteiger partial charge in [0.05, 0.1) is 25.8 Å². The van der Waals surface area contributed by atoms with Crippen molar-refractivity contribution in [1.82, 2.24) is 10.2 Å². The van der Waals surface area contributed by atoms with E-state index in [4.69, 9.17) is 14.2 Å². The first-order chi connectivity index (χ1) is 23.3. The van der Waals surface area contributed by atoms with Gasteiger partial charge in [-0.15, -0.1) is 10.2 Å². The fourth-order valence-electron chi connectivity index (χ4n) is 5.31. The Bertz CT molecular complexity index is 2010. The van der Waals surface area contributed by atoms with E-state index in [1.54, 1.807) is 60.7 Å². The number of hydrogen-bond donors (Lipinski definition) is 1. The van der Waals surface area contributed by atoms with Gasteiger partial charge in [0.1, 0.15) is 23.9 Å². The number of amides is 1. The maximum Gasteiger partial charge on any atom is 0.301 e. The highest BCUT2D eigenvalue weighted by Gasteiger charge is 2.48. The number of nitrogens with zero attached hydrogens (tertiary/aromatic N) is 3. The number of carbonyl (C=O) groups is 2. The Morgan fingerprint density at radius 3 is 2.44 bits per heavy atom. The summed E-state index contributed by atoms with van der Waals surface area (Å²) in [5.41, 5.74) is 3.31. The minimum absolute atomic E-state index is 0.128. The number of rotatable bonds is 11. The minimum atomic E-state index is -1.07. The molecule has 1 aromatic heterocycles. The summed E-state index contributed by atoms with van der Waals surface area (Å²) in [5.74, 6) is -0.780. The molecule has 1 aliphatic rings. The van der Waals surface area contributed by atoms with E-state index >= 15 is 0 Å². The van der Waals surface area contributed by atoms with Crippen molar-refractivity contribution < 1.29 is 33.3 Å². The van der Waals surface area contributed by atoms with Gasteiger partial charge in [-0.2, -0.15) is 0 Å². The molecule has 1 amide bonds. The summed E-state index contributed by atoms with van der Waals surface area (Å²) in [6.07, 6.45) is 0. The van der Waals surface area contributed by atoms with Crippen molar-refractivity contribution in [2.24, 2.45) is 0 Å². The lowest BCUT2D eigenvalue weighted by Gasteiger charge is -2.23. The number of aliphatic hydroxyl groups excluding tert-OH is 1. The fraction of sp³-hybridized carbons (Fsp3) is 0.167. The van der Waals surface area contributed by atoms with Crippen LogP contribution < -0.4 is 19.1 Å². The lowest BCUT2D eigenvalue weighted by molar-refractivity contribution is -0.132. The standard InChI is InChI=1S/C36H30FN3O6S2/c1-21-7-6-8-22(17-21)19-46-26-14-11-23(12-15-26)32(41)30-31(24-13-16-28(44-2)29(18-24)45-3)40(34(43)33(30)42)35-38-39-36(48-35)47-20-25-9-4-5-10-27(25)37/h4-18,31,41H,19-20H2,1-3H3. The molecule has 1 saturated heterocycles. The van der Waals surface area contributed by atoms with E-state index in [0.717, 1.165) is 22.5 Å². The number of halogens is 1. The lowest BCUT2D eigenvalue weighted by Crippen LogP contribution is -2.29. The Hall–Kier alpha value is -5.20. The first-order valence-electron chi connectivity index (χ1n) is 14.8. The third-order valence-corrected chi connectivity index (χ3v) is 9.80. The molecule has 1 fully saturated rings. The summed E-state index contributed by atoms with van der Waals surface area (Å²) in [5, 5.41) is 20.2. The summed E-state index contributed by atoms with van der Waals surface area (Å²) < 4.78 is 31.5. The number of aliphatic hydroxyl groups is 1. The van der Waals surface area contributed by atoms with E-state index in [1.165, 1.54) is 36.9 Å². The Balaban J connectivity index is 1.34. The molecule has 1 N–H and O–H groups in total. The van der Waals surface area contributed by atoms with Crippen LogP contribution in [0, 0.1) is 12.7 Å². The maximum atomic E-state index is 14.2. The average molecular weight is 684 g/mol. The maximum absolute atomic E-state index is 14.2. The van der Waals surface area contributed by atoms with Crippen LogP contribution in [0.25, 0.3) is 5.76 Å². The number of benzene rings is 4. The molecule has 1 unspecified atom stereocenters. The van der Waals surface area contributed by atoms with Gasteiger partial charge in [-0.05, 0) is 66.1 Å². The van der Waals surface area contributed by atoms with E-state index in [0.29, 0.717) is 50.6 Å². The van der Waals surface area contributed by atoms with Gasteiger partial charge in [0.2, 0.25) is 5.13 Å². The summed E-state index contributed by atoms with van der Waals surface area (Å²) >= 11 is 2.35. The van der Waals surface area contributed by atoms with Crippen molar-refractivity contribution in [1.29, 1.82) is 0 Å². The number of ketones is 1. The molecule has 4 aromatic carbocycles. The quantitative estimate of drug-likeness (QED) is 0.0498. The van der Waals surface area contributed by atoms with Crippen LogP contribution in [0.15, 0.2) is 101 Å². The molecule has 5 aromatic rings. The molecule has 1 atom stereocenters. The van der Waals surface area contributed by atoms with E-state index in [9.17, 15) is 19.1 Å². The number of carbonyl (C=O) groups excluding carboxylic acids is 2. The summed E-state index contributed by atoms with van der Waals surface area (Å²) in [6.45, 7) is 2.37. The molecule has 0 radical (unpaired) electrons. The van der Waals surface area contributed by atoms with Crippen molar-refractivity contribution in [2.45, 2.75) is 29.7 Å². The highest BCUT2D eigenvalue weighted by Crippen LogP contribution is 2.45. The van der Waals surface area contributed by atoms with Crippen LogP contribution in [0.1, 0.15) is 33.9 Å². The molecule has 12 heteroatoms. The van der Waals surface area contributed by atoms with Gasteiger partial charge >= 0.3 is 5.91 Å². The lowest BCUT2D eigenvalue weighted by atomic mass is 9.95. The van der Waals surface area contributed by atoms with Gasteiger partial charge in [-0.25, -0.2) is 4.39 Å². The topological polar surface area (TPSA) is 111 Å². The minimum Gasteiger partial charge on any atom is -0.507 e. The van der Waals surface area contributed by atoms with Crippen molar-refractivity contribution >= 4 is 45.7 Å². The smallest absolute Gasteiger partial charge is 0.301 e. The largest absolute Gasteiger partial charge is 0.507 e. The van der Waals surface area contributed by atoms with Crippen LogP contribution >= 0.6 is 23.1 Å². The molecule has 1 aliphatic heterocycles. The average Bonchev–Trinajstić information content (AvgIpc) is 3.68. The van der Waals surface area contributed by atoms with Crippen molar-refractivity contribution in [3.63, 3.8) is 0 Å². The van der Waals surface area contributed by atoms with E-state index in [2.05, 4.69) is 10.2 Å². The number of anilines is 1. The number of thioether (sulfide) groups is 1. The van der Waals surface area contributed by atoms with Gasteiger partial charge < -0.3 is 19.3 Å². The molecule has 0 aliphatic carbocycles. The first-order valence-corrected chi connectivity index (χ1v) is 16.6. The molecular formula is C36H30FN3O6S2. The van der Waals surface area contributed by atoms with Crippen LogP contribution in [-0.4, -0.2) is 41.2 Å². The van der Waals surface area contributed by atoms with Crippen LogP contribution in [0.5, 0.6) is 17.2 Å². The highest BCUT2D eigenvalue weighted by molar-refractivity contribution is 8.00. The third-order valence-electron chi connectivity index (χ3n) is 7.69. The zero-order valence-electron chi connectivity index (χ0n) is 26.2. The predicted octanol–water partition coefficient (Wildman–Crippen LogP) is 7.50. The Morgan fingerprint density at radius 2 is 1.71 bits per heavy atom. The summed E-state index contributed by atoms with van der Waals surface area (Å²) in [4.78, 5) is 28.6. The van der Waals surface area contributed by atoms with E-state index in [-0.39, 0.29) is 22.3 Å². The fourth-order valence-corrected chi connectivity index (χ4v) is 7.17. The third kappa shape index (κ3) is 6.76. The Morgan fingerprint density at radius 1 is 0.938 bits per heavy atom. The van der Waals surface area contributed by atoms with Crippen molar-refractivity contribution in [3.8, 4) is 17.2 Å². The molecule has 0 spiro atoms. The molecule has 0 saturated carbocycles. The van der Waals surface area contributed by atoms with E-state index in [1.807, 2.05) is 31.2 Å². The number of ether oxygens (including phenoxy) is 3. The van der Waals surface area contributed by atoms with Crippen LogP contribution in [0.2, 0.25) is 0 Å². The van der Waals surface area contributed by atoms with Gasteiger partial charge in [-0.3, -0.25) is 14.5 Å². The van der Waals surface area contributed by atoms with Crippen LogP contribution in [-0.2, 0) is 21.9 Å². The number of aromatic nitrogens is 2. The zero-order valence-corrected chi connectivity index (χ0v) is 27.8. The predicted molar refractivity (Wildman–Crippen MR) is 182 cm³/mol. The Kier molecular flexibility index (Phi) is 9.74. The van der Waals surface area contributed by atoms with Crippen LogP contribution in [0.4, 0.5) is 9.52 Å². The van der Waals surface area contributed by atoms with Crippen molar-refractivity contribution in [3.05, 3.63) is 130 Å². The SMILES string of the molecule is COc1ccc(C2C(=C(O)c3ccc(OCc4cccc(C)c4)cc3)C(=O)C(=O)N2c2nnc(SCc3ccccc3F)s2)cc1OC. The number of methoxy groups -OCH3 is 2. The second kappa shape index (κ2) is 14.3. The van der Waals surface area contributed by atoms with E-state index < -0.39 is 17.7 Å². The van der Waals surface area contributed by atoms with Gasteiger partial charge in [0.15, 0.2) is 15.8 Å². The number of aryl methyl sites for hydroxylation is 1. The zero-order chi connectivity index (χ0) is 33.8. The van der Waals surface area contributed by atoms with Crippen LogP contribution in [0.3, 0.4) is 0 Å². The normalized spacial score (nSPS) is 15.5. The van der Waals surface area contributed by atoms with Gasteiger partial charge in [0.25, 0.3) is 5.78 Å². The molecule has 244 valence electrons. The van der Waals surface area contributed by atoms with Crippen molar-refractivity contribution in [2.75, 3.05) is 19.1 Å². The summed E-state index contributed by atoms with van der Waals surface area (Å²) in [7, 11) is 2.98. The number of Topliss-reactive ketones (excluding diaryl/α,β-unsaturated/α-hetero) is 1. The van der Waals surface area contributed by atoms with Gasteiger partial charge in [0, 0.05) is 11.3 Å². The van der Waals surface area contributed by atoms with Gasteiger partial charge in [-0.1, -0.05) is 77.2 Å². The molecule has 2 heterocycles. The number of hydrogen-bond acceptors (Lipinski definition) is 10. The molecule has 0 bridgehead atoms. The second-order valence-corrected chi connectivity index (χ2v) is 13.0. The molecule has 48 heavy (non-hydrogen) atoms. The second-order valence-electron chi connectivity index (χ2n) is 10.8. The first kappa shape index (κ1) is 32.7.